The number of imidazole rings is 1. The molecule has 2 unspecified atom stereocenters. The van der Waals surface area contributed by atoms with Gasteiger partial charge in [-0.1, -0.05) is 0 Å². The van der Waals surface area contributed by atoms with Gasteiger partial charge in [-0.2, -0.15) is 0 Å². The van der Waals surface area contributed by atoms with Crippen LogP contribution in [0.4, 0.5) is 13.6 Å². The number of carbonyl (C=O) groups excluding carboxylic acids is 1. The van der Waals surface area contributed by atoms with Crippen LogP contribution in [-0.4, -0.2) is 40.2 Å². The Morgan fingerprint density at radius 3 is 2.88 bits per heavy atom. The van der Waals surface area contributed by atoms with E-state index in [9.17, 15) is 13.6 Å². The van der Waals surface area contributed by atoms with Crippen molar-refractivity contribution < 1.29 is 18.3 Å². The van der Waals surface area contributed by atoms with Crippen LogP contribution in [0.5, 0.6) is 0 Å². The Hall–Kier alpha value is -2.48. The zero-order chi connectivity index (χ0) is 18.4. The second-order valence-electron chi connectivity index (χ2n) is 6.81. The largest absolute Gasteiger partial charge is 0.453 e. The van der Waals surface area contributed by atoms with Crippen molar-refractivity contribution in [1.82, 2.24) is 14.5 Å². The lowest BCUT2D eigenvalue weighted by molar-refractivity contribution is 0.111. The number of benzene rings is 1. The molecular formula is C18H20F2N4O2. The second kappa shape index (κ2) is 6.35. The molecule has 138 valence electrons. The van der Waals surface area contributed by atoms with Crippen LogP contribution in [0.15, 0.2) is 18.2 Å². The lowest BCUT2D eigenvalue weighted by atomic mass is 9.80. The highest BCUT2D eigenvalue weighted by Crippen LogP contribution is 2.34. The van der Waals surface area contributed by atoms with E-state index in [1.807, 2.05) is 0 Å². The van der Waals surface area contributed by atoms with E-state index in [0.29, 0.717) is 38.0 Å². The highest BCUT2D eigenvalue weighted by atomic mass is 19.1. The van der Waals surface area contributed by atoms with Crippen LogP contribution in [-0.2, 0) is 30.7 Å². The smallest absolute Gasteiger partial charge is 0.409 e. The maximum absolute atomic E-state index is 14.2. The quantitative estimate of drug-likeness (QED) is 0.842. The summed E-state index contributed by atoms with van der Waals surface area (Å²) in [7, 11) is 1.35. The van der Waals surface area contributed by atoms with E-state index in [1.165, 1.54) is 13.2 Å². The Kier molecular flexibility index (Phi) is 4.14. The molecule has 0 bridgehead atoms. The first-order valence-corrected chi connectivity index (χ1v) is 8.58. The summed E-state index contributed by atoms with van der Waals surface area (Å²) in [5.41, 5.74) is 8.50. The molecule has 0 saturated carbocycles. The number of fused-ring (bicyclic) bond motifs is 3. The molecule has 2 atom stereocenters. The van der Waals surface area contributed by atoms with Crippen LogP contribution in [0.1, 0.15) is 28.7 Å². The summed E-state index contributed by atoms with van der Waals surface area (Å²) in [6.07, 6.45) is 0.615. The number of nitrogens with two attached hydrogens (primary N) is 1. The van der Waals surface area contributed by atoms with Gasteiger partial charge in [0, 0.05) is 37.2 Å². The van der Waals surface area contributed by atoms with Crippen molar-refractivity contribution in [3.63, 3.8) is 0 Å². The number of ether oxygens (including phenoxy) is 1. The number of nitrogens with zero attached hydrogens (tertiary/aromatic N) is 3. The number of hydrogen-bond donors (Lipinski definition) is 1. The lowest BCUT2D eigenvalue weighted by Gasteiger charge is -2.31. The molecule has 4 rings (SSSR count). The summed E-state index contributed by atoms with van der Waals surface area (Å²) in [4.78, 5) is 18.0. The molecule has 1 aliphatic carbocycles. The van der Waals surface area contributed by atoms with E-state index < -0.39 is 11.6 Å². The molecule has 26 heavy (non-hydrogen) atoms. The van der Waals surface area contributed by atoms with Gasteiger partial charge in [0.2, 0.25) is 0 Å². The standard InChI is InChI=1S/C18H20F2N4O2/c1-26-18(25)23-4-5-24-16-8-14(21)12(7-15(16)22-17(24)9-23)11-6-10(19)2-3-13(11)20/h2-3,6,12,14H,4-5,7-9,21H2,1H3. The van der Waals surface area contributed by atoms with E-state index in [-0.39, 0.29) is 18.1 Å². The van der Waals surface area contributed by atoms with Gasteiger partial charge >= 0.3 is 6.09 Å². The van der Waals surface area contributed by atoms with E-state index in [0.717, 1.165) is 29.3 Å². The van der Waals surface area contributed by atoms with E-state index in [2.05, 4.69) is 9.55 Å². The number of amides is 1. The molecule has 0 radical (unpaired) electrons. The molecule has 0 spiro atoms. The van der Waals surface area contributed by atoms with Gasteiger partial charge in [0.05, 0.1) is 19.3 Å². The molecule has 1 amide bonds. The van der Waals surface area contributed by atoms with Crippen molar-refractivity contribution >= 4 is 6.09 Å². The van der Waals surface area contributed by atoms with E-state index in [4.69, 9.17) is 10.5 Å². The molecule has 8 heteroatoms. The van der Waals surface area contributed by atoms with Crippen molar-refractivity contribution in [2.24, 2.45) is 5.73 Å². The zero-order valence-corrected chi connectivity index (χ0v) is 14.4. The predicted molar refractivity (Wildman–Crippen MR) is 89.5 cm³/mol. The van der Waals surface area contributed by atoms with Crippen LogP contribution in [0, 0.1) is 11.6 Å². The molecule has 1 aromatic heterocycles. The Morgan fingerprint density at radius 1 is 1.31 bits per heavy atom. The minimum atomic E-state index is -0.475. The number of hydrogen-bond acceptors (Lipinski definition) is 4. The molecule has 0 fully saturated rings. The van der Waals surface area contributed by atoms with Gasteiger partial charge in [0.25, 0.3) is 0 Å². The average molecular weight is 362 g/mol. The molecule has 6 nitrogen and oxygen atoms in total. The maximum Gasteiger partial charge on any atom is 0.409 e. The zero-order valence-electron chi connectivity index (χ0n) is 14.4. The van der Waals surface area contributed by atoms with Crippen molar-refractivity contribution in [1.29, 1.82) is 0 Å². The topological polar surface area (TPSA) is 73.4 Å². The van der Waals surface area contributed by atoms with Crippen LogP contribution in [0.25, 0.3) is 0 Å². The Morgan fingerprint density at radius 2 is 2.12 bits per heavy atom. The molecular weight excluding hydrogens is 342 g/mol. The van der Waals surface area contributed by atoms with Crippen molar-refractivity contribution in [3.8, 4) is 0 Å². The molecule has 0 saturated heterocycles. The summed E-state index contributed by atoms with van der Waals surface area (Å²) in [5.74, 6) is -0.473. The SMILES string of the molecule is COC(=O)N1CCn2c(nc3c2CC(N)C(c2cc(F)ccc2F)C3)C1. The van der Waals surface area contributed by atoms with Crippen LogP contribution in [0.2, 0.25) is 0 Å². The van der Waals surface area contributed by atoms with Crippen molar-refractivity contribution in [2.75, 3.05) is 13.7 Å². The fraction of sp³-hybridized carbons (Fsp3) is 0.444. The van der Waals surface area contributed by atoms with Crippen molar-refractivity contribution in [3.05, 3.63) is 52.6 Å². The second-order valence-corrected chi connectivity index (χ2v) is 6.81. The minimum Gasteiger partial charge on any atom is -0.453 e. The van der Waals surface area contributed by atoms with Gasteiger partial charge < -0.3 is 15.0 Å². The van der Waals surface area contributed by atoms with Gasteiger partial charge in [0.15, 0.2) is 0 Å². The molecule has 1 aromatic carbocycles. The molecule has 2 aliphatic rings. The number of rotatable bonds is 1. The summed E-state index contributed by atoms with van der Waals surface area (Å²) >= 11 is 0. The third-order valence-corrected chi connectivity index (χ3v) is 5.31. The van der Waals surface area contributed by atoms with Crippen LogP contribution < -0.4 is 5.73 Å². The fourth-order valence-electron chi connectivity index (χ4n) is 3.99. The van der Waals surface area contributed by atoms with Gasteiger partial charge in [0.1, 0.15) is 17.5 Å². The normalized spacial score (nSPS) is 21.9. The number of carbonyl (C=O) groups is 1. The molecule has 1 aliphatic heterocycles. The molecule has 2 N–H and O–H groups in total. The molecule has 2 heterocycles. The van der Waals surface area contributed by atoms with E-state index >= 15 is 0 Å². The Bertz CT molecular complexity index is 867. The number of aromatic nitrogens is 2. The fourth-order valence-corrected chi connectivity index (χ4v) is 3.99. The summed E-state index contributed by atoms with van der Waals surface area (Å²) < 4.78 is 34.7. The highest BCUT2D eigenvalue weighted by molar-refractivity contribution is 5.67. The first-order chi connectivity index (χ1) is 12.5. The highest BCUT2D eigenvalue weighted by Gasteiger charge is 2.35. The van der Waals surface area contributed by atoms with E-state index in [1.54, 1.807) is 4.90 Å². The summed E-state index contributed by atoms with van der Waals surface area (Å²) in [6, 6.07) is 3.15. The van der Waals surface area contributed by atoms with Gasteiger partial charge in [-0.15, -0.1) is 0 Å². The third-order valence-electron chi connectivity index (χ3n) is 5.31. The monoisotopic (exact) mass is 362 g/mol. The van der Waals surface area contributed by atoms with Gasteiger partial charge in [-0.25, -0.2) is 18.6 Å². The van der Waals surface area contributed by atoms with Crippen molar-refractivity contribution in [2.45, 2.75) is 37.9 Å². The number of halogens is 2. The van der Waals surface area contributed by atoms with Crippen LogP contribution >= 0.6 is 0 Å². The Labute approximate surface area is 149 Å². The first kappa shape index (κ1) is 17.0. The Balaban J connectivity index is 1.65. The minimum absolute atomic E-state index is 0.297. The third kappa shape index (κ3) is 2.74. The maximum atomic E-state index is 14.2. The summed E-state index contributed by atoms with van der Waals surface area (Å²) in [6.45, 7) is 1.53. The number of methoxy groups -OCH3 is 1. The average Bonchev–Trinajstić information content (AvgIpc) is 2.99. The predicted octanol–water partition coefficient (Wildman–Crippen LogP) is 1.95. The lowest BCUT2D eigenvalue weighted by Crippen LogP contribution is -2.40. The van der Waals surface area contributed by atoms with Gasteiger partial charge in [-0.05, 0) is 30.2 Å². The summed E-state index contributed by atoms with van der Waals surface area (Å²) in [5, 5.41) is 0. The van der Waals surface area contributed by atoms with Crippen LogP contribution in [0.3, 0.4) is 0 Å². The molecule has 2 aromatic rings. The van der Waals surface area contributed by atoms with Gasteiger partial charge in [-0.3, -0.25) is 4.90 Å². The first-order valence-electron chi connectivity index (χ1n) is 8.58.